The molecule has 1 aromatic heterocycles. The Balaban J connectivity index is 1.88. The number of nitrogens with one attached hydrogen (secondary N) is 1. The highest BCUT2D eigenvalue weighted by molar-refractivity contribution is 7.13. The molecule has 31 heavy (non-hydrogen) atoms. The predicted octanol–water partition coefficient (Wildman–Crippen LogP) is 5.18. The van der Waals surface area contributed by atoms with Crippen LogP contribution in [-0.4, -0.2) is 29.0 Å². The summed E-state index contributed by atoms with van der Waals surface area (Å²) in [4.78, 5) is 28.9. The van der Waals surface area contributed by atoms with Gasteiger partial charge >= 0.3 is 6.18 Å². The molecule has 0 aliphatic carbocycles. The number of benzene rings is 1. The Morgan fingerprint density at radius 2 is 1.84 bits per heavy atom. The normalized spacial score (nSPS) is 15.2. The highest BCUT2D eigenvalue weighted by atomic mass is 32.1. The van der Waals surface area contributed by atoms with Crippen LogP contribution in [0.3, 0.4) is 0 Å². The van der Waals surface area contributed by atoms with Gasteiger partial charge in [0.2, 0.25) is 5.91 Å². The van der Waals surface area contributed by atoms with Crippen molar-refractivity contribution in [2.45, 2.75) is 39.4 Å². The second kappa shape index (κ2) is 7.99. The molecule has 0 radical (unpaired) electrons. The fourth-order valence-electron chi connectivity index (χ4n) is 3.04. The maximum atomic E-state index is 14.1. The van der Waals surface area contributed by atoms with Crippen LogP contribution >= 0.6 is 11.3 Å². The molecule has 0 bridgehead atoms. The number of ether oxygens (including phenoxy) is 1. The summed E-state index contributed by atoms with van der Waals surface area (Å²) in [6.07, 6.45) is -4.70. The van der Waals surface area contributed by atoms with Crippen LogP contribution in [0, 0.1) is 12.7 Å². The number of alkyl halides is 3. The smallest absolute Gasteiger partial charge is 0.416 e. The highest BCUT2D eigenvalue weighted by Gasteiger charge is 2.43. The Bertz CT molecular complexity index is 1070. The van der Waals surface area contributed by atoms with E-state index in [-0.39, 0.29) is 6.73 Å². The Hall–Kier alpha value is -2.88. The van der Waals surface area contributed by atoms with Crippen molar-refractivity contribution in [3.8, 4) is 0 Å². The number of nitrogens with zero attached hydrogens (tertiary/aromatic N) is 1. The van der Waals surface area contributed by atoms with E-state index in [1.165, 1.54) is 25.2 Å². The zero-order valence-electron chi connectivity index (χ0n) is 17.2. The lowest BCUT2D eigenvalue weighted by Gasteiger charge is -2.40. The molecule has 0 fully saturated rings. The molecule has 0 saturated carbocycles. The van der Waals surface area contributed by atoms with E-state index in [1.807, 2.05) is 13.0 Å². The van der Waals surface area contributed by atoms with E-state index in [0.717, 1.165) is 9.78 Å². The average Bonchev–Trinajstić information content (AvgIpc) is 3.08. The highest BCUT2D eigenvalue weighted by Crippen LogP contribution is 2.35. The molecule has 166 valence electrons. The average molecular weight is 456 g/mol. The zero-order chi connectivity index (χ0) is 23.1. The number of thiophene rings is 1. The third kappa shape index (κ3) is 4.43. The zero-order valence-corrected chi connectivity index (χ0v) is 18.0. The van der Waals surface area contributed by atoms with Crippen LogP contribution in [0.25, 0.3) is 5.57 Å². The summed E-state index contributed by atoms with van der Waals surface area (Å²) in [6.45, 7) is 6.12. The molecular weight excluding hydrogens is 436 g/mol. The van der Waals surface area contributed by atoms with Crippen molar-refractivity contribution < 1.29 is 31.9 Å². The number of hydrogen-bond acceptors (Lipinski definition) is 4. The van der Waals surface area contributed by atoms with Gasteiger partial charge in [-0.25, -0.2) is 4.39 Å². The van der Waals surface area contributed by atoms with Gasteiger partial charge in [-0.05, 0) is 58.0 Å². The number of amides is 2. The Morgan fingerprint density at radius 3 is 2.42 bits per heavy atom. The molecule has 5 nitrogen and oxygen atoms in total. The summed E-state index contributed by atoms with van der Waals surface area (Å²) in [5, 5.41) is 2.17. The topological polar surface area (TPSA) is 58.6 Å². The largest absolute Gasteiger partial charge is 0.477 e. The van der Waals surface area contributed by atoms with Gasteiger partial charge < -0.3 is 10.1 Å². The van der Waals surface area contributed by atoms with Gasteiger partial charge in [0, 0.05) is 9.75 Å². The second-order valence-electron chi connectivity index (χ2n) is 7.55. The standard InChI is InChI=1S/C21H20F4N2O3S/c1-11-5-8-16(31-11)17-12(2)30-10-27(18(17)28)20(3,4)19(29)26-15-9-13(21(23,24)25)6-7-14(15)22/h5-9H,10H2,1-4H3,(H,26,29). The number of hydrogen-bond donors (Lipinski definition) is 1. The lowest BCUT2D eigenvalue weighted by Crippen LogP contribution is -2.57. The number of carbonyl (C=O) groups is 2. The number of aryl methyl sites for hydroxylation is 1. The van der Waals surface area contributed by atoms with Crippen LogP contribution in [0.5, 0.6) is 0 Å². The Kier molecular flexibility index (Phi) is 5.88. The van der Waals surface area contributed by atoms with Gasteiger partial charge in [0.25, 0.3) is 5.91 Å². The van der Waals surface area contributed by atoms with Gasteiger partial charge in [0.15, 0.2) is 6.73 Å². The quantitative estimate of drug-likeness (QED) is 0.645. The minimum Gasteiger partial charge on any atom is -0.477 e. The van der Waals surface area contributed by atoms with Crippen molar-refractivity contribution in [3.05, 3.63) is 57.2 Å². The van der Waals surface area contributed by atoms with Crippen LogP contribution in [0.1, 0.15) is 36.1 Å². The van der Waals surface area contributed by atoms with E-state index in [0.29, 0.717) is 34.4 Å². The molecular formula is C21H20F4N2O3S. The first-order chi connectivity index (χ1) is 14.3. The van der Waals surface area contributed by atoms with E-state index in [1.54, 1.807) is 13.0 Å². The maximum Gasteiger partial charge on any atom is 0.416 e. The molecule has 0 saturated heterocycles. The van der Waals surface area contributed by atoms with Crippen molar-refractivity contribution in [2.24, 2.45) is 0 Å². The van der Waals surface area contributed by atoms with Crippen molar-refractivity contribution in [1.82, 2.24) is 4.90 Å². The van der Waals surface area contributed by atoms with Crippen LogP contribution in [-0.2, 0) is 20.5 Å². The van der Waals surface area contributed by atoms with E-state index in [2.05, 4.69) is 5.32 Å². The van der Waals surface area contributed by atoms with E-state index < -0.39 is 40.6 Å². The monoisotopic (exact) mass is 456 g/mol. The summed E-state index contributed by atoms with van der Waals surface area (Å²) in [5.41, 5.74) is -2.97. The van der Waals surface area contributed by atoms with Crippen LogP contribution in [0.15, 0.2) is 36.1 Å². The fraction of sp³-hybridized carbons (Fsp3) is 0.333. The molecule has 2 heterocycles. The van der Waals surface area contributed by atoms with E-state index >= 15 is 0 Å². The lowest BCUT2D eigenvalue weighted by molar-refractivity contribution is -0.147. The van der Waals surface area contributed by atoms with Gasteiger partial charge in [0.05, 0.1) is 16.8 Å². The molecule has 1 N–H and O–H groups in total. The van der Waals surface area contributed by atoms with E-state index in [9.17, 15) is 27.2 Å². The lowest BCUT2D eigenvalue weighted by atomic mass is 9.98. The van der Waals surface area contributed by atoms with Crippen LogP contribution in [0.2, 0.25) is 0 Å². The Morgan fingerprint density at radius 1 is 1.16 bits per heavy atom. The molecule has 1 aromatic carbocycles. The summed E-state index contributed by atoms with van der Waals surface area (Å²) < 4.78 is 58.5. The number of allylic oxidation sites excluding steroid dienone is 1. The molecule has 1 aliphatic rings. The van der Waals surface area contributed by atoms with Gasteiger partial charge in [-0.2, -0.15) is 13.2 Å². The molecule has 2 aromatic rings. The first kappa shape index (κ1) is 22.8. The Labute approximate surface area is 180 Å². The summed E-state index contributed by atoms with van der Waals surface area (Å²) in [6, 6.07) is 5.35. The van der Waals surface area contributed by atoms with Crippen molar-refractivity contribution in [3.63, 3.8) is 0 Å². The first-order valence-corrected chi connectivity index (χ1v) is 10.0. The summed E-state index contributed by atoms with van der Waals surface area (Å²) >= 11 is 1.39. The first-order valence-electron chi connectivity index (χ1n) is 9.23. The molecule has 10 heteroatoms. The van der Waals surface area contributed by atoms with Crippen molar-refractivity contribution >= 4 is 34.4 Å². The number of rotatable bonds is 4. The van der Waals surface area contributed by atoms with Gasteiger partial charge in [-0.1, -0.05) is 0 Å². The number of halogens is 4. The molecule has 3 rings (SSSR count). The number of anilines is 1. The summed E-state index contributed by atoms with van der Waals surface area (Å²) in [7, 11) is 0. The van der Waals surface area contributed by atoms with Crippen molar-refractivity contribution in [1.29, 1.82) is 0 Å². The molecule has 1 aliphatic heterocycles. The van der Waals surface area contributed by atoms with Crippen LogP contribution < -0.4 is 5.32 Å². The third-order valence-electron chi connectivity index (χ3n) is 4.98. The fourth-order valence-corrected chi connectivity index (χ4v) is 3.99. The van der Waals surface area contributed by atoms with Crippen molar-refractivity contribution in [2.75, 3.05) is 12.0 Å². The maximum absolute atomic E-state index is 14.1. The predicted molar refractivity (Wildman–Crippen MR) is 109 cm³/mol. The SMILES string of the molecule is CC1=C(c2ccc(C)s2)C(=O)N(C(C)(C)C(=O)Nc2cc(C(F)(F)F)ccc2F)CO1. The van der Waals surface area contributed by atoms with Gasteiger partial charge in [0.1, 0.15) is 17.1 Å². The van der Waals surface area contributed by atoms with Gasteiger partial charge in [-0.3, -0.25) is 14.5 Å². The molecule has 2 amide bonds. The molecule has 0 atom stereocenters. The molecule has 0 unspecified atom stereocenters. The minimum atomic E-state index is -4.70. The third-order valence-corrected chi connectivity index (χ3v) is 6.00. The number of carbonyl (C=O) groups excluding carboxylic acids is 2. The minimum absolute atomic E-state index is 0.232. The van der Waals surface area contributed by atoms with Crippen LogP contribution in [0.4, 0.5) is 23.2 Å². The second-order valence-corrected chi connectivity index (χ2v) is 8.84. The molecule has 0 spiro atoms. The van der Waals surface area contributed by atoms with E-state index in [4.69, 9.17) is 4.74 Å². The summed E-state index contributed by atoms with van der Waals surface area (Å²) in [5.74, 6) is -1.94. The van der Waals surface area contributed by atoms with Gasteiger partial charge in [-0.15, -0.1) is 11.3 Å².